The minimum Gasteiger partial charge on any atom is -0.508 e. The number of nitrogens with zero attached hydrogens (tertiary/aromatic N) is 2. The van der Waals surface area contributed by atoms with Crippen molar-refractivity contribution in [3.63, 3.8) is 0 Å². The summed E-state index contributed by atoms with van der Waals surface area (Å²) in [5, 5.41) is 9.25. The van der Waals surface area contributed by atoms with E-state index in [1.165, 1.54) is 0 Å². The highest BCUT2D eigenvalue weighted by Crippen LogP contribution is 2.19. The molecule has 1 atom stereocenters. The standard InChI is InChI=1S/C17H21FN2O2/c1-2-3-4-14(18)9-10-22-16-11-19-17(20-12-16)13-5-7-15(21)8-6-13/h5-8,11-12,14,21H,2-4,9-10H2,1H3/t14-/m1/s1. The van der Waals surface area contributed by atoms with E-state index in [9.17, 15) is 9.50 Å². The van der Waals surface area contributed by atoms with E-state index in [0.29, 0.717) is 31.0 Å². The van der Waals surface area contributed by atoms with Gasteiger partial charge in [0.05, 0.1) is 19.0 Å². The number of aromatic nitrogens is 2. The molecule has 1 heterocycles. The number of phenols is 1. The van der Waals surface area contributed by atoms with Gasteiger partial charge in [-0.05, 0) is 30.7 Å². The summed E-state index contributed by atoms with van der Waals surface area (Å²) in [5.41, 5.74) is 0.813. The summed E-state index contributed by atoms with van der Waals surface area (Å²) in [6.07, 6.45) is 5.25. The lowest BCUT2D eigenvalue weighted by atomic mass is 10.1. The minimum atomic E-state index is -0.808. The SMILES string of the molecule is CCCC[C@@H](F)CCOc1cnc(-c2ccc(O)cc2)nc1. The fraction of sp³-hybridized carbons (Fsp3) is 0.412. The maximum absolute atomic E-state index is 13.5. The van der Waals surface area contributed by atoms with Gasteiger partial charge < -0.3 is 9.84 Å². The Labute approximate surface area is 130 Å². The molecule has 0 aliphatic rings. The highest BCUT2D eigenvalue weighted by atomic mass is 19.1. The second-order valence-corrected chi connectivity index (χ2v) is 5.17. The van der Waals surface area contributed by atoms with Crippen molar-refractivity contribution < 1.29 is 14.2 Å². The number of phenolic OH excluding ortho intramolecular Hbond substituents is 1. The Hall–Kier alpha value is -2.17. The number of rotatable bonds is 8. The van der Waals surface area contributed by atoms with Gasteiger partial charge in [0, 0.05) is 12.0 Å². The minimum absolute atomic E-state index is 0.201. The Bertz CT molecular complexity index is 558. The van der Waals surface area contributed by atoms with Crippen LogP contribution in [-0.4, -0.2) is 27.9 Å². The van der Waals surface area contributed by atoms with Gasteiger partial charge in [-0.15, -0.1) is 0 Å². The number of unbranched alkanes of at least 4 members (excludes halogenated alkanes) is 1. The van der Waals surface area contributed by atoms with Crippen molar-refractivity contribution >= 4 is 0 Å². The summed E-state index contributed by atoms with van der Waals surface area (Å²) in [4.78, 5) is 8.43. The molecule has 0 fully saturated rings. The molecular weight excluding hydrogens is 283 g/mol. The summed E-state index contributed by atoms with van der Waals surface area (Å²) < 4.78 is 18.9. The fourth-order valence-corrected chi connectivity index (χ4v) is 2.02. The number of ether oxygens (including phenoxy) is 1. The molecule has 1 aromatic carbocycles. The van der Waals surface area contributed by atoms with E-state index in [-0.39, 0.29) is 5.75 Å². The van der Waals surface area contributed by atoms with Crippen LogP contribution in [0.3, 0.4) is 0 Å². The van der Waals surface area contributed by atoms with E-state index < -0.39 is 6.17 Å². The lowest BCUT2D eigenvalue weighted by Gasteiger charge is -2.09. The number of hydrogen-bond donors (Lipinski definition) is 1. The van der Waals surface area contributed by atoms with E-state index in [1.807, 2.05) is 0 Å². The first-order chi connectivity index (χ1) is 10.7. The van der Waals surface area contributed by atoms with Gasteiger partial charge in [0.15, 0.2) is 11.6 Å². The van der Waals surface area contributed by atoms with Crippen molar-refractivity contribution in [2.45, 2.75) is 38.8 Å². The maximum atomic E-state index is 13.5. The number of aromatic hydroxyl groups is 1. The zero-order valence-electron chi connectivity index (χ0n) is 12.7. The summed E-state index contributed by atoms with van der Waals surface area (Å²) in [6.45, 7) is 2.38. The van der Waals surface area contributed by atoms with Crippen molar-refractivity contribution in [2.75, 3.05) is 6.61 Å². The predicted molar refractivity (Wildman–Crippen MR) is 83.7 cm³/mol. The predicted octanol–water partition coefficient (Wildman–Crippen LogP) is 4.15. The Kier molecular flexibility index (Phi) is 6.13. The van der Waals surface area contributed by atoms with Crippen LogP contribution >= 0.6 is 0 Å². The molecule has 0 bridgehead atoms. The first-order valence-corrected chi connectivity index (χ1v) is 7.57. The van der Waals surface area contributed by atoms with Gasteiger partial charge in [0.25, 0.3) is 0 Å². The molecule has 4 nitrogen and oxygen atoms in total. The molecule has 2 aromatic rings. The molecule has 0 unspecified atom stereocenters. The first kappa shape index (κ1) is 16.2. The number of halogens is 1. The molecule has 22 heavy (non-hydrogen) atoms. The van der Waals surface area contributed by atoms with Crippen LogP contribution in [0.1, 0.15) is 32.6 Å². The fourth-order valence-electron chi connectivity index (χ4n) is 2.02. The van der Waals surface area contributed by atoms with Crippen LogP contribution in [0.5, 0.6) is 11.5 Å². The van der Waals surface area contributed by atoms with E-state index in [0.717, 1.165) is 18.4 Å². The van der Waals surface area contributed by atoms with Crippen molar-refractivity contribution in [2.24, 2.45) is 0 Å². The van der Waals surface area contributed by atoms with Gasteiger partial charge >= 0.3 is 0 Å². The maximum Gasteiger partial charge on any atom is 0.159 e. The molecule has 0 aliphatic carbocycles. The summed E-state index contributed by atoms with van der Waals surface area (Å²) in [5.74, 6) is 1.29. The second kappa shape index (κ2) is 8.32. The Morgan fingerprint density at radius 2 is 1.82 bits per heavy atom. The first-order valence-electron chi connectivity index (χ1n) is 7.57. The molecule has 0 saturated heterocycles. The molecule has 1 aromatic heterocycles. The molecule has 5 heteroatoms. The zero-order valence-corrected chi connectivity index (χ0v) is 12.7. The molecule has 0 radical (unpaired) electrons. The highest BCUT2D eigenvalue weighted by molar-refractivity contribution is 5.55. The van der Waals surface area contributed by atoms with Crippen molar-refractivity contribution in [3.8, 4) is 22.9 Å². The molecule has 0 saturated carbocycles. The Balaban J connectivity index is 1.83. The molecule has 0 spiro atoms. The van der Waals surface area contributed by atoms with Crippen molar-refractivity contribution in [1.82, 2.24) is 9.97 Å². The van der Waals surface area contributed by atoms with Crippen molar-refractivity contribution in [3.05, 3.63) is 36.7 Å². The third-order valence-corrected chi connectivity index (χ3v) is 3.32. The topological polar surface area (TPSA) is 55.2 Å². The molecule has 1 N–H and O–H groups in total. The van der Waals surface area contributed by atoms with Crippen LogP contribution in [0, 0.1) is 0 Å². The molecule has 2 rings (SSSR count). The monoisotopic (exact) mass is 304 g/mol. The van der Waals surface area contributed by atoms with Gasteiger partial charge in [-0.25, -0.2) is 14.4 Å². The van der Waals surface area contributed by atoms with Crippen LogP contribution < -0.4 is 4.74 Å². The van der Waals surface area contributed by atoms with Crippen LogP contribution in [-0.2, 0) is 0 Å². The Morgan fingerprint density at radius 1 is 1.14 bits per heavy atom. The van der Waals surface area contributed by atoms with Gasteiger partial charge in [-0.1, -0.05) is 19.8 Å². The van der Waals surface area contributed by atoms with E-state index in [4.69, 9.17) is 4.74 Å². The van der Waals surface area contributed by atoms with Crippen LogP contribution in [0.2, 0.25) is 0 Å². The van der Waals surface area contributed by atoms with Crippen LogP contribution in [0.15, 0.2) is 36.7 Å². The lowest BCUT2D eigenvalue weighted by molar-refractivity contribution is 0.222. The average Bonchev–Trinajstić information content (AvgIpc) is 2.54. The van der Waals surface area contributed by atoms with E-state index >= 15 is 0 Å². The smallest absolute Gasteiger partial charge is 0.159 e. The van der Waals surface area contributed by atoms with E-state index in [1.54, 1.807) is 36.7 Å². The third-order valence-electron chi connectivity index (χ3n) is 3.32. The third kappa shape index (κ3) is 4.98. The summed E-state index contributed by atoms with van der Waals surface area (Å²) in [6, 6.07) is 6.65. The Morgan fingerprint density at radius 3 is 2.45 bits per heavy atom. The second-order valence-electron chi connectivity index (χ2n) is 5.17. The van der Waals surface area contributed by atoms with Gasteiger partial charge in [-0.2, -0.15) is 0 Å². The highest BCUT2D eigenvalue weighted by Gasteiger charge is 2.07. The quantitative estimate of drug-likeness (QED) is 0.796. The number of benzene rings is 1. The molecule has 0 aliphatic heterocycles. The number of alkyl halides is 1. The molecule has 118 valence electrons. The summed E-state index contributed by atoms with van der Waals surface area (Å²) >= 11 is 0. The van der Waals surface area contributed by atoms with Crippen molar-refractivity contribution in [1.29, 1.82) is 0 Å². The van der Waals surface area contributed by atoms with Crippen LogP contribution in [0.4, 0.5) is 4.39 Å². The zero-order chi connectivity index (χ0) is 15.8. The van der Waals surface area contributed by atoms with Gasteiger partial charge in [-0.3, -0.25) is 0 Å². The largest absolute Gasteiger partial charge is 0.508 e. The number of hydrogen-bond acceptors (Lipinski definition) is 4. The average molecular weight is 304 g/mol. The normalized spacial score (nSPS) is 12.1. The van der Waals surface area contributed by atoms with E-state index in [2.05, 4.69) is 16.9 Å². The molecular formula is C17H21FN2O2. The lowest BCUT2D eigenvalue weighted by Crippen LogP contribution is -2.08. The van der Waals surface area contributed by atoms with Gasteiger partial charge in [0.2, 0.25) is 0 Å². The van der Waals surface area contributed by atoms with Gasteiger partial charge in [0.1, 0.15) is 11.9 Å². The van der Waals surface area contributed by atoms with Crippen LogP contribution in [0.25, 0.3) is 11.4 Å². The summed E-state index contributed by atoms with van der Waals surface area (Å²) in [7, 11) is 0. The molecule has 0 amide bonds.